The largest absolute Gasteiger partial charge is 0.444 e. The third-order valence-electron chi connectivity index (χ3n) is 4.94. The molecule has 1 aromatic carbocycles. The number of hydrogen-bond donors (Lipinski definition) is 0. The number of aromatic nitrogens is 3. The first kappa shape index (κ1) is 22.4. The zero-order valence-corrected chi connectivity index (χ0v) is 19.5. The van der Waals surface area contributed by atoms with E-state index >= 15 is 0 Å². The number of pyridine rings is 1. The summed E-state index contributed by atoms with van der Waals surface area (Å²) in [6.07, 6.45) is 1.19. The highest BCUT2D eigenvalue weighted by Crippen LogP contribution is 2.26. The van der Waals surface area contributed by atoms with E-state index < -0.39 is 5.60 Å². The van der Waals surface area contributed by atoms with Gasteiger partial charge in [-0.1, -0.05) is 23.2 Å². The summed E-state index contributed by atoms with van der Waals surface area (Å²) in [5, 5.41) is 1.56. The van der Waals surface area contributed by atoms with E-state index in [4.69, 9.17) is 32.9 Å². The molecule has 1 aliphatic rings. The highest BCUT2D eigenvalue weighted by Gasteiger charge is 2.27. The number of ether oxygens (including phenoxy) is 1. The minimum atomic E-state index is -0.546. The molecule has 0 aliphatic carbocycles. The first-order valence-electron chi connectivity index (χ1n) is 10.2. The van der Waals surface area contributed by atoms with Crippen LogP contribution in [0.1, 0.15) is 20.8 Å². The lowest BCUT2D eigenvalue weighted by molar-refractivity contribution is 0.0240. The van der Waals surface area contributed by atoms with E-state index in [0.29, 0.717) is 58.9 Å². The minimum absolute atomic E-state index is 0.268. The van der Waals surface area contributed by atoms with Crippen LogP contribution in [0.25, 0.3) is 16.7 Å². The Kier molecular flexibility index (Phi) is 6.01. The van der Waals surface area contributed by atoms with Gasteiger partial charge in [-0.25, -0.2) is 9.78 Å². The second kappa shape index (κ2) is 8.60. The van der Waals surface area contributed by atoms with Crippen LogP contribution in [0.2, 0.25) is 10.0 Å². The van der Waals surface area contributed by atoms with E-state index in [2.05, 4.69) is 4.98 Å². The summed E-state index contributed by atoms with van der Waals surface area (Å²) in [7, 11) is 0. The number of piperazine rings is 1. The SMILES string of the molecule is CC(C)(C)OC(=O)N1CCN(c2nc(-n3cc(Cl)ccc3=O)c3cc(Cl)ccc3n2)CC1. The summed E-state index contributed by atoms with van der Waals surface area (Å²) in [6.45, 7) is 7.54. The number of halogens is 2. The highest BCUT2D eigenvalue weighted by molar-refractivity contribution is 6.31. The van der Waals surface area contributed by atoms with Crippen LogP contribution in [-0.4, -0.2) is 57.3 Å². The molecule has 0 bridgehead atoms. The molecular weight excluding hydrogens is 453 g/mol. The number of carbonyl (C=O) groups excluding carboxylic acids is 1. The molecular formula is C22H23Cl2N5O3. The standard InChI is InChI=1S/C22H23Cl2N5O3/c1-22(2,3)32-21(31)28-10-8-27(9-11-28)20-25-17-6-4-14(23)12-16(17)19(26-20)29-13-15(24)5-7-18(29)30/h4-7,12-13H,8-11H2,1-3H3. The average molecular weight is 476 g/mol. The molecule has 0 N–H and O–H groups in total. The van der Waals surface area contributed by atoms with Gasteiger partial charge in [0.05, 0.1) is 10.5 Å². The number of rotatable bonds is 2. The number of carbonyl (C=O) groups is 1. The second-order valence-electron chi connectivity index (χ2n) is 8.52. The van der Waals surface area contributed by atoms with Crippen molar-refractivity contribution in [3.05, 3.63) is 56.9 Å². The number of benzene rings is 1. The van der Waals surface area contributed by atoms with Gasteiger partial charge in [0.15, 0.2) is 5.82 Å². The normalized spacial score (nSPS) is 14.7. The maximum Gasteiger partial charge on any atom is 0.410 e. The molecule has 1 fully saturated rings. The van der Waals surface area contributed by atoms with Gasteiger partial charge >= 0.3 is 6.09 Å². The Hall–Kier alpha value is -2.84. The number of amides is 1. The molecule has 2 aromatic heterocycles. The average Bonchev–Trinajstić information content (AvgIpc) is 2.74. The Morgan fingerprint density at radius 1 is 1.00 bits per heavy atom. The predicted octanol–water partition coefficient (Wildman–Crippen LogP) is 4.14. The van der Waals surface area contributed by atoms with Gasteiger partial charge in [0, 0.05) is 48.9 Å². The topological polar surface area (TPSA) is 80.6 Å². The molecule has 32 heavy (non-hydrogen) atoms. The van der Waals surface area contributed by atoms with Crippen molar-refractivity contribution >= 4 is 46.1 Å². The van der Waals surface area contributed by atoms with Crippen molar-refractivity contribution in [2.24, 2.45) is 0 Å². The number of hydrogen-bond acceptors (Lipinski definition) is 6. The number of nitrogens with zero attached hydrogens (tertiary/aromatic N) is 5. The van der Waals surface area contributed by atoms with Crippen molar-refractivity contribution in [2.45, 2.75) is 26.4 Å². The Bertz CT molecular complexity index is 1230. The molecule has 0 radical (unpaired) electrons. The Balaban J connectivity index is 1.68. The van der Waals surface area contributed by atoms with Crippen LogP contribution in [0.5, 0.6) is 0 Å². The maximum absolute atomic E-state index is 12.6. The molecule has 0 saturated carbocycles. The second-order valence-corrected chi connectivity index (χ2v) is 9.39. The molecule has 0 unspecified atom stereocenters. The summed E-state index contributed by atoms with van der Waals surface area (Å²) in [5.74, 6) is 0.861. The molecule has 10 heteroatoms. The van der Waals surface area contributed by atoms with Crippen LogP contribution in [0.15, 0.2) is 41.3 Å². The van der Waals surface area contributed by atoms with E-state index in [0.717, 1.165) is 0 Å². The third-order valence-corrected chi connectivity index (χ3v) is 5.40. The smallest absolute Gasteiger partial charge is 0.410 e. The Morgan fingerprint density at radius 2 is 1.69 bits per heavy atom. The monoisotopic (exact) mass is 475 g/mol. The maximum atomic E-state index is 12.6. The quantitative estimate of drug-likeness (QED) is 0.553. The van der Waals surface area contributed by atoms with Crippen LogP contribution >= 0.6 is 23.2 Å². The molecule has 1 amide bonds. The molecule has 0 atom stereocenters. The molecule has 168 valence electrons. The van der Waals surface area contributed by atoms with Crippen molar-refractivity contribution in [1.29, 1.82) is 0 Å². The van der Waals surface area contributed by atoms with Crippen LogP contribution in [0, 0.1) is 0 Å². The van der Waals surface area contributed by atoms with Crippen LogP contribution in [-0.2, 0) is 4.74 Å². The summed E-state index contributed by atoms with van der Waals surface area (Å²) in [4.78, 5) is 37.9. The van der Waals surface area contributed by atoms with Crippen molar-refractivity contribution in [2.75, 3.05) is 31.1 Å². The van der Waals surface area contributed by atoms with E-state index in [1.165, 1.54) is 22.9 Å². The van der Waals surface area contributed by atoms with Gasteiger partial charge in [-0.2, -0.15) is 4.98 Å². The lowest BCUT2D eigenvalue weighted by atomic mass is 10.2. The van der Waals surface area contributed by atoms with Gasteiger partial charge < -0.3 is 14.5 Å². The molecule has 1 aliphatic heterocycles. The lowest BCUT2D eigenvalue weighted by Gasteiger charge is -2.35. The predicted molar refractivity (Wildman–Crippen MR) is 125 cm³/mol. The zero-order chi connectivity index (χ0) is 23.0. The van der Waals surface area contributed by atoms with Gasteiger partial charge in [-0.3, -0.25) is 9.36 Å². The van der Waals surface area contributed by atoms with Crippen LogP contribution < -0.4 is 10.5 Å². The Morgan fingerprint density at radius 3 is 2.38 bits per heavy atom. The van der Waals surface area contributed by atoms with Crippen LogP contribution in [0.3, 0.4) is 0 Å². The van der Waals surface area contributed by atoms with Crippen molar-refractivity contribution in [3.63, 3.8) is 0 Å². The van der Waals surface area contributed by atoms with E-state index in [1.54, 1.807) is 23.1 Å². The fraction of sp³-hybridized carbons (Fsp3) is 0.364. The van der Waals surface area contributed by atoms with Crippen molar-refractivity contribution in [3.8, 4) is 5.82 Å². The van der Waals surface area contributed by atoms with E-state index in [9.17, 15) is 9.59 Å². The van der Waals surface area contributed by atoms with Gasteiger partial charge in [0.2, 0.25) is 5.95 Å². The van der Waals surface area contributed by atoms with Crippen molar-refractivity contribution in [1.82, 2.24) is 19.4 Å². The van der Waals surface area contributed by atoms with E-state index in [-0.39, 0.29) is 11.7 Å². The fourth-order valence-corrected chi connectivity index (χ4v) is 3.77. The van der Waals surface area contributed by atoms with Gasteiger partial charge in [-0.05, 0) is 45.0 Å². The number of anilines is 1. The van der Waals surface area contributed by atoms with Crippen molar-refractivity contribution < 1.29 is 9.53 Å². The van der Waals surface area contributed by atoms with Crippen LogP contribution in [0.4, 0.5) is 10.7 Å². The molecule has 8 nitrogen and oxygen atoms in total. The third kappa shape index (κ3) is 4.81. The van der Waals surface area contributed by atoms with Gasteiger partial charge in [0.25, 0.3) is 5.56 Å². The molecule has 3 heterocycles. The molecule has 1 saturated heterocycles. The molecule has 4 rings (SSSR count). The van der Waals surface area contributed by atoms with Gasteiger partial charge in [-0.15, -0.1) is 0 Å². The molecule has 3 aromatic rings. The zero-order valence-electron chi connectivity index (χ0n) is 18.0. The lowest BCUT2D eigenvalue weighted by Crippen LogP contribution is -2.50. The highest BCUT2D eigenvalue weighted by atomic mass is 35.5. The first-order valence-corrected chi connectivity index (χ1v) is 10.9. The fourth-order valence-electron chi connectivity index (χ4n) is 3.44. The molecule has 0 spiro atoms. The minimum Gasteiger partial charge on any atom is -0.444 e. The summed E-state index contributed by atoms with van der Waals surface area (Å²) < 4.78 is 6.85. The Labute approximate surface area is 195 Å². The summed E-state index contributed by atoms with van der Waals surface area (Å²) in [5.41, 5.74) is -0.165. The summed E-state index contributed by atoms with van der Waals surface area (Å²) in [6, 6.07) is 8.18. The first-order chi connectivity index (χ1) is 15.1. The van der Waals surface area contributed by atoms with E-state index in [1.807, 2.05) is 25.7 Å². The summed E-state index contributed by atoms with van der Waals surface area (Å²) >= 11 is 12.3. The number of fused-ring (bicyclic) bond motifs is 1. The van der Waals surface area contributed by atoms with Gasteiger partial charge in [0.1, 0.15) is 5.60 Å².